The summed E-state index contributed by atoms with van der Waals surface area (Å²) in [6.45, 7) is -0.0803. The van der Waals surface area contributed by atoms with Gasteiger partial charge in [-0.2, -0.15) is 0 Å². The number of carbonyl (C=O) groups is 1. The van der Waals surface area contributed by atoms with Gasteiger partial charge in [0.05, 0.1) is 24.6 Å². The zero-order valence-corrected chi connectivity index (χ0v) is 15.9. The summed E-state index contributed by atoms with van der Waals surface area (Å²) in [5.41, 5.74) is -0.363. The Bertz CT molecular complexity index is 1250. The maximum Gasteiger partial charge on any atom is 0.322 e. The molecule has 2 heterocycles. The maximum absolute atomic E-state index is 13.9. The van der Waals surface area contributed by atoms with Crippen LogP contribution in [0, 0.1) is 29.1 Å². The summed E-state index contributed by atoms with van der Waals surface area (Å²) in [5, 5.41) is 2.23. The number of hydrogen-bond acceptors (Lipinski definition) is 3. The highest BCUT2D eigenvalue weighted by atomic mass is 19.2. The van der Waals surface area contributed by atoms with Crippen LogP contribution in [0.5, 0.6) is 0 Å². The summed E-state index contributed by atoms with van der Waals surface area (Å²) in [5.74, 6) is -7.01. The number of likely N-dealkylation sites (N-methyl/N-ethyl adjacent to an activating group) is 1. The lowest BCUT2D eigenvalue weighted by Gasteiger charge is -2.33. The molecule has 6 nitrogen and oxygen atoms in total. The third kappa shape index (κ3) is 3.61. The molecule has 0 aliphatic carbocycles. The molecule has 2 N–H and O–H groups in total. The van der Waals surface area contributed by atoms with Gasteiger partial charge in [0, 0.05) is 36.1 Å². The van der Waals surface area contributed by atoms with Crippen molar-refractivity contribution >= 4 is 22.5 Å². The molecule has 1 atom stereocenters. The third-order valence-corrected chi connectivity index (χ3v) is 5.06. The molecule has 0 saturated heterocycles. The van der Waals surface area contributed by atoms with Crippen LogP contribution in [-0.2, 0) is 11.3 Å². The van der Waals surface area contributed by atoms with Crippen molar-refractivity contribution in [2.24, 2.45) is 0 Å². The van der Waals surface area contributed by atoms with Crippen LogP contribution in [0.2, 0.25) is 0 Å². The summed E-state index contributed by atoms with van der Waals surface area (Å²) < 4.78 is 73.0. The quantitative estimate of drug-likeness (QED) is 0.469. The Kier molecular flexibility index (Phi) is 5.13. The fourth-order valence-electron chi connectivity index (χ4n) is 3.53. The van der Waals surface area contributed by atoms with Gasteiger partial charge in [0.2, 0.25) is 0 Å². The van der Waals surface area contributed by atoms with Crippen LogP contribution >= 0.6 is 0 Å². The van der Waals surface area contributed by atoms with Gasteiger partial charge in [-0.3, -0.25) is 4.79 Å². The Morgan fingerprint density at radius 2 is 1.65 bits per heavy atom. The summed E-state index contributed by atoms with van der Waals surface area (Å²) in [4.78, 5) is 28.6. The van der Waals surface area contributed by atoms with Gasteiger partial charge < -0.3 is 19.9 Å². The van der Waals surface area contributed by atoms with Crippen molar-refractivity contribution in [2.45, 2.75) is 12.6 Å². The Labute approximate surface area is 171 Å². The van der Waals surface area contributed by atoms with E-state index in [0.717, 1.165) is 17.0 Å². The molecule has 4 rings (SSSR count). The molecule has 0 spiro atoms. The Hall–Kier alpha value is -3.47. The highest BCUT2D eigenvalue weighted by Gasteiger charge is 2.31. The molecule has 2 aromatic carbocycles. The predicted octanol–water partition coefficient (Wildman–Crippen LogP) is 3.96. The van der Waals surface area contributed by atoms with Gasteiger partial charge in [-0.1, -0.05) is 0 Å². The number of benzene rings is 2. The van der Waals surface area contributed by atoms with E-state index in [2.05, 4.69) is 10.3 Å². The number of rotatable bonds is 2. The van der Waals surface area contributed by atoms with Gasteiger partial charge >= 0.3 is 6.03 Å². The molecule has 0 unspecified atom stereocenters. The predicted molar refractivity (Wildman–Crippen MR) is 100.0 cm³/mol. The van der Waals surface area contributed by atoms with Crippen LogP contribution in [0.4, 0.5) is 32.4 Å². The zero-order valence-electron chi connectivity index (χ0n) is 15.9. The molecule has 1 aliphatic heterocycles. The smallest absolute Gasteiger partial charge is 0.322 e. The van der Waals surface area contributed by atoms with Gasteiger partial charge in [-0.15, -0.1) is 0 Å². The largest absolute Gasteiger partial charge is 0.373 e. The van der Waals surface area contributed by atoms with Crippen LogP contribution in [0.1, 0.15) is 17.3 Å². The highest BCUT2D eigenvalue weighted by molar-refractivity contribution is 5.91. The van der Waals surface area contributed by atoms with Crippen molar-refractivity contribution < 1.29 is 31.5 Å². The molecule has 2 amide bonds. The minimum absolute atomic E-state index is 0.0279. The fraction of sp³-hybridized carbons (Fsp3) is 0.200. The van der Waals surface area contributed by atoms with Crippen molar-refractivity contribution in [2.75, 3.05) is 19.0 Å². The molecule has 0 saturated carbocycles. The van der Waals surface area contributed by atoms with Gasteiger partial charge in [-0.05, 0) is 17.5 Å². The second-order valence-electron chi connectivity index (χ2n) is 6.98. The first kappa shape index (κ1) is 20.8. The molecule has 31 heavy (non-hydrogen) atoms. The van der Waals surface area contributed by atoms with Crippen molar-refractivity contribution in [3.63, 3.8) is 0 Å². The number of nitrogens with one attached hydrogen (secondary N) is 2. The van der Waals surface area contributed by atoms with E-state index in [4.69, 9.17) is 4.74 Å². The number of fused-ring (bicyclic) bond motifs is 3. The van der Waals surface area contributed by atoms with Gasteiger partial charge in [-0.25, -0.2) is 26.7 Å². The van der Waals surface area contributed by atoms with Crippen LogP contribution < -0.4 is 10.9 Å². The number of pyridine rings is 1. The number of aromatic amines is 1. The number of ether oxygens (including phenoxy) is 1. The van der Waals surface area contributed by atoms with Gasteiger partial charge in [0.25, 0.3) is 5.56 Å². The average molecular weight is 439 g/mol. The number of carbonyl (C=O) groups excluding carboxylic acids is 1. The number of H-pyrrole nitrogens is 1. The van der Waals surface area contributed by atoms with Crippen LogP contribution in [0.25, 0.3) is 10.8 Å². The summed E-state index contributed by atoms with van der Waals surface area (Å²) >= 11 is 0. The zero-order chi connectivity index (χ0) is 22.4. The highest BCUT2D eigenvalue weighted by Crippen LogP contribution is 2.34. The first-order valence-electron chi connectivity index (χ1n) is 8.97. The van der Waals surface area contributed by atoms with Gasteiger partial charge in [0.15, 0.2) is 29.1 Å². The first-order valence-corrected chi connectivity index (χ1v) is 8.97. The molecule has 0 radical (unpaired) electrons. The number of nitrogens with zero attached hydrogens (tertiary/aromatic N) is 1. The third-order valence-electron chi connectivity index (χ3n) is 5.06. The van der Waals surface area contributed by atoms with E-state index in [1.165, 1.54) is 7.05 Å². The second kappa shape index (κ2) is 7.65. The van der Waals surface area contributed by atoms with Crippen LogP contribution in [0.15, 0.2) is 29.1 Å². The lowest BCUT2D eigenvalue weighted by atomic mass is 9.95. The van der Waals surface area contributed by atoms with E-state index in [0.29, 0.717) is 17.7 Å². The van der Waals surface area contributed by atoms with E-state index in [-0.39, 0.29) is 35.4 Å². The van der Waals surface area contributed by atoms with Crippen LogP contribution in [-0.4, -0.2) is 29.6 Å². The van der Waals surface area contributed by atoms with E-state index in [1.54, 1.807) is 0 Å². The minimum atomic E-state index is -1.68. The molecular weight excluding hydrogens is 425 g/mol. The maximum atomic E-state index is 13.9. The minimum Gasteiger partial charge on any atom is -0.373 e. The second-order valence-corrected chi connectivity index (χ2v) is 6.98. The summed E-state index contributed by atoms with van der Waals surface area (Å²) in [7, 11) is 1.34. The first-order chi connectivity index (χ1) is 14.7. The number of urea groups is 1. The SMILES string of the molecule is CN(C(=O)Nc1cc(F)c(F)c(F)c1)[C@@H]1COCc2[nH]c(=O)c3cc(F)c(F)cc3c21. The Balaban J connectivity index is 1.73. The van der Waals surface area contributed by atoms with Crippen molar-refractivity contribution in [1.29, 1.82) is 0 Å². The normalized spacial score (nSPS) is 15.6. The molecule has 1 aromatic heterocycles. The molecule has 162 valence electrons. The van der Waals surface area contributed by atoms with Crippen molar-refractivity contribution in [1.82, 2.24) is 9.88 Å². The molecule has 11 heteroatoms. The standard InChI is InChI=1S/C20H14F5N3O3/c1-28(20(30)26-8-2-13(23)18(25)14(24)3-8)16-7-31-6-15-17(16)9-4-11(21)12(22)5-10(9)19(29)27-15/h2-5,16H,6-7H2,1H3,(H,26,30)(H,27,29)/t16-/m1/s1. The lowest BCUT2D eigenvalue weighted by molar-refractivity contribution is 0.0527. The van der Waals surface area contributed by atoms with Crippen molar-refractivity contribution in [3.05, 3.63) is 75.0 Å². The molecule has 1 aliphatic rings. The number of amides is 2. The van der Waals surface area contributed by atoms with E-state index in [1.807, 2.05) is 0 Å². The Morgan fingerprint density at radius 3 is 2.29 bits per heavy atom. The van der Waals surface area contributed by atoms with E-state index < -0.39 is 46.7 Å². The Morgan fingerprint density at radius 1 is 1.03 bits per heavy atom. The van der Waals surface area contributed by atoms with Crippen LogP contribution in [0.3, 0.4) is 0 Å². The number of aromatic nitrogens is 1. The lowest BCUT2D eigenvalue weighted by Crippen LogP contribution is -2.40. The number of anilines is 1. The summed E-state index contributed by atoms with van der Waals surface area (Å²) in [6, 6.07) is 1.16. The average Bonchev–Trinajstić information content (AvgIpc) is 2.72. The van der Waals surface area contributed by atoms with Gasteiger partial charge in [0.1, 0.15) is 0 Å². The topological polar surface area (TPSA) is 74.4 Å². The van der Waals surface area contributed by atoms with Crippen molar-refractivity contribution in [3.8, 4) is 0 Å². The molecule has 0 bridgehead atoms. The fourth-order valence-corrected chi connectivity index (χ4v) is 3.53. The monoisotopic (exact) mass is 439 g/mol. The molecular formula is C20H14F5N3O3. The number of halogens is 5. The summed E-state index contributed by atoms with van der Waals surface area (Å²) in [6.07, 6.45) is 0. The molecule has 3 aromatic rings. The number of hydrogen-bond donors (Lipinski definition) is 2. The van der Waals surface area contributed by atoms with E-state index in [9.17, 15) is 31.5 Å². The molecule has 0 fully saturated rings. The van der Waals surface area contributed by atoms with E-state index >= 15 is 0 Å².